The Hall–Kier alpha value is -2.35. The van der Waals surface area contributed by atoms with Crippen LogP contribution in [-0.4, -0.2) is 24.7 Å². The second-order valence-electron chi connectivity index (χ2n) is 5.63. The average molecular weight is 315 g/mol. The van der Waals surface area contributed by atoms with Crippen LogP contribution in [0.1, 0.15) is 23.8 Å². The number of fused-ring (bicyclic) bond motifs is 3. The fourth-order valence-electron chi connectivity index (χ4n) is 2.96. The molecule has 0 amide bonds. The van der Waals surface area contributed by atoms with Gasteiger partial charge < -0.3 is 0 Å². The Labute approximate surface area is 129 Å². The minimum absolute atomic E-state index is 0.0375. The number of aryl methyl sites for hydroxylation is 1. The van der Waals surface area contributed by atoms with Crippen molar-refractivity contribution in [1.82, 2.24) is 19.7 Å². The Morgan fingerprint density at radius 3 is 3.09 bits per heavy atom. The van der Waals surface area contributed by atoms with Crippen molar-refractivity contribution >= 4 is 27.2 Å². The average Bonchev–Trinajstić information content (AvgIpc) is 3.10. The van der Waals surface area contributed by atoms with E-state index in [-0.39, 0.29) is 5.69 Å². The molecular formula is C14H13N5O2S. The first-order valence-corrected chi connectivity index (χ1v) is 7.90. The molecule has 0 spiro atoms. The molecule has 0 bridgehead atoms. The van der Waals surface area contributed by atoms with E-state index in [1.165, 1.54) is 33.8 Å². The molecule has 0 saturated heterocycles. The molecule has 1 aliphatic carbocycles. The van der Waals surface area contributed by atoms with Crippen molar-refractivity contribution in [2.45, 2.75) is 26.2 Å². The predicted molar refractivity (Wildman–Crippen MR) is 82.4 cm³/mol. The summed E-state index contributed by atoms with van der Waals surface area (Å²) in [5, 5.41) is 15.9. The first-order valence-electron chi connectivity index (χ1n) is 7.08. The summed E-state index contributed by atoms with van der Waals surface area (Å²) >= 11 is 1.70. The van der Waals surface area contributed by atoms with Crippen LogP contribution in [0.3, 0.4) is 0 Å². The fourth-order valence-corrected chi connectivity index (χ4v) is 4.30. The van der Waals surface area contributed by atoms with Crippen LogP contribution >= 0.6 is 11.3 Å². The molecule has 3 aromatic heterocycles. The Balaban J connectivity index is 1.92. The summed E-state index contributed by atoms with van der Waals surface area (Å²) in [7, 11) is 0. The first-order chi connectivity index (χ1) is 10.6. The number of hydrogen-bond donors (Lipinski definition) is 0. The third-order valence-electron chi connectivity index (χ3n) is 4.07. The van der Waals surface area contributed by atoms with E-state index in [4.69, 9.17) is 0 Å². The summed E-state index contributed by atoms with van der Waals surface area (Å²) in [5.74, 6) is 1.31. The van der Waals surface area contributed by atoms with Gasteiger partial charge in [-0.3, -0.25) is 10.1 Å². The summed E-state index contributed by atoms with van der Waals surface area (Å²) < 4.78 is 1.48. The number of rotatable bonds is 2. The summed E-state index contributed by atoms with van der Waals surface area (Å²) in [5.41, 5.74) is 1.25. The van der Waals surface area contributed by atoms with E-state index in [1.807, 2.05) is 0 Å². The van der Waals surface area contributed by atoms with Crippen molar-refractivity contribution in [3.8, 4) is 5.82 Å². The number of aromatic nitrogens is 4. The maximum atomic E-state index is 10.8. The minimum atomic E-state index is -0.452. The molecule has 3 aromatic rings. The van der Waals surface area contributed by atoms with Crippen molar-refractivity contribution in [1.29, 1.82) is 0 Å². The first kappa shape index (κ1) is 13.3. The van der Waals surface area contributed by atoms with Crippen molar-refractivity contribution in [2.75, 3.05) is 0 Å². The van der Waals surface area contributed by atoms with Crippen LogP contribution in [0.5, 0.6) is 0 Å². The van der Waals surface area contributed by atoms with Gasteiger partial charge in [-0.25, -0.2) is 14.6 Å². The number of thiophene rings is 1. The highest BCUT2D eigenvalue weighted by Gasteiger charge is 2.24. The van der Waals surface area contributed by atoms with Crippen molar-refractivity contribution in [3.05, 3.63) is 39.3 Å². The zero-order valence-electron chi connectivity index (χ0n) is 11.9. The van der Waals surface area contributed by atoms with E-state index in [0.29, 0.717) is 11.7 Å². The van der Waals surface area contributed by atoms with Gasteiger partial charge in [-0.2, -0.15) is 5.10 Å². The van der Waals surface area contributed by atoms with E-state index >= 15 is 0 Å². The van der Waals surface area contributed by atoms with E-state index in [0.717, 1.165) is 29.5 Å². The third kappa shape index (κ3) is 1.98. The molecule has 4 rings (SSSR count). The van der Waals surface area contributed by atoms with E-state index in [2.05, 4.69) is 22.0 Å². The summed E-state index contributed by atoms with van der Waals surface area (Å²) in [6, 6.07) is 0. The van der Waals surface area contributed by atoms with Crippen LogP contribution in [0.4, 0.5) is 5.69 Å². The lowest BCUT2D eigenvalue weighted by Crippen LogP contribution is -2.09. The molecule has 22 heavy (non-hydrogen) atoms. The Morgan fingerprint density at radius 2 is 2.32 bits per heavy atom. The Morgan fingerprint density at radius 1 is 1.45 bits per heavy atom. The molecule has 0 aliphatic heterocycles. The fraction of sp³-hybridized carbons (Fsp3) is 0.357. The maximum Gasteiger partial charge on any atom is 0.307 e. The van der Waals surface area contributed by atoms with E-state index in [1.54, 1.807) is 11.3 Å². The van der Waals surface area contributed by atoms with Crippen molar-refractivity contribution in [2.24, 2.45) is 5.92 Å². The smallest absolute Gasteiger partial charge is 0.258 e. The van der Waals surface area contributed by atoms with Crippen LogP contribution < -0.4 is 0 Å². The molecular weight excluding hydrogens is 302 g/mol. The van der Waals surface area contributed by atoms with Crippen molar-refractivity contribution < 1.29 is 4.92 Å². The largest absolute Gasteiger partial charge is 0.307 e. The second kappa shape index (κ2) is 4.84. The van der Waals surface area contributed by atoms with Gasteiger partial charge in [-0.05, 0) is 30.7 Å². The normalized spacial score (nSPS) is 17.6. The zero-order chi connectivity index (χ0) is 15.3. The van der Waals surface area contributed by atoms with E-state index in [9.17, 15) is 10.1 Å². The highest BCUT2D eigenvalue weighted by atomic mass is 32.1. The quantitative estimate of drug-likeness (QED) is 0.536. The van der Waals surface area contributed by atoms with Gasteiger partial charge >= 0.3 is 5.69 Å². The lowest BCUT2D eigenvalue weighted by molar-refractivity contribution is -0.384. The number of nitro groups is 1. The van der Waals surface area contributed by atoms with Gasteiger partial charge in [-0.1, -0.05) is 6.92 Å². The molecule has 3 heterocycles. The van der Waals surface area contributed by atoms with Gasteiger partial charge in [0, 0.05) is 4.88 Å². The molecule has 0 N–H and O–H groups in total. The molecule has 0 fully saturated rings. The van der Waals surface area contributed by atoms with Crippen LogP contribution in [0, 0.1) is 16.0 Å². The van der Waals surface area contributed by atoms with Crippen LogP contribution in [-0.2, 0) is 12.8 Å². The topological polar surface area (TPSA) is 86.7 Å². The number of nitrogens with zero attached hydrogens (tertiary/aromatic N) is 5. The standard InChI is InChI=1S/C14H13N5O2S/c1-8-2-3-10-11(4-8)22-14-12(10)13(15-7-16-14)18-6-9(5-17-18)19(20)21/h5-8H,2-4H2,1H3/t8-/m1/s1. The summed E-state index contributed by atoms with van der Waals surface area (Å²) in [6.07, 6.45) is 7.35. The maximum absolute atomic E-state index is 10.8. The SMILES string of the molecule is C[C@@H]1CCc2c(sc3ncnc(-n4cc([N+](=O)[O-])cn4)c23)C1. The lowest BCUT2D eigenvalue weighted by atomic mass is 9.89. The monoisotopic (exact) mass is 315 g/mol. The van der Waals surface area contributed by atoms with Gasteiger partial charge in [0.05, 0.1) is 10.3 Å². The molecule has 1 aliphatic rings. The van der Waals surface area contributed by atoms with Crippen molar-refractivity contribution in [3.63, 3.8) is 0 Å². The lowest BCUT2D eigenvalue weighted by Gasteiger charge is -2.18. The summed E-state index contributed by atoms with van der Waals surface area (Å²) in [4.78, 5) is 21.4. The zero-order valence-corrected chi connectivity index (χ0v) is 12.7. The second-order valence-corrected chi connectivity index (χ2v) is 6.71. The highest BCUT2D eigenvalue weighted by molar-refractivity contribution is 7.18. The number of hydrogen-bond acceptors (Lipinski definition) is 6. The molecule has 0 aromatic carbocycles. The molecule has 112 valence electrons. The van der Waals surface area contributed by atoms with Gasteiger partial charge in [0.25, 0.3) is 0 Å². The highest BCUT2D eigenvalue weighted by Crippen LogP contribution is 2.39. The molecule has 0 unspecified atom stereocenters. The Bertz CT molecular complexity index is 885. The van der Waals surface area contributed by atoms with E-state index < -0.39 is 4.92 Å². The van der Waals surface area contributed by atoms with Crippen LogP contribution in [0.15, 0.2) is 18.7 Å². The molecule has 0 saturated carbocycles. The predicted octanol–water partition coefficient (Wildman–Crippen LogP) is 2.91. The molecule has 0 radical (unpaired) electrons. The van der Waals surface area contributed by atoms with Gasteiger partial charge in [-0.15, -0.1) is 11.3 Å². The summed E-state index contributed by atoms with van der Waals surface area (Å²) in [6.45, 7) is 2.26. The molecule has 1 atom stereocenters. The van der Waals surface area contributed by atoms with Crippen LogP contribution in [0.25, 0.3) is 16.0 Å². The Kier molecular flexibility index (Phi) is 2.93. The van der Waals surface area contributed by atoms with Crippen LogP contribution in [0.2, 0.25) is 0 Å². The van der Waals surface area contributed by atoms with Gasteiger partial charge in [0.1, 0.15) is 23.6 Å². The van der Waals surface area contributed by atoms with Gasteiger partial charge in [0.15, 0.2) is 5.82 Å². The molecule has 8 heteroatoms. The molecule has 7 nitrogen and oxygen atoms in total. The minimum Gasteiger partial charge on any atom is -0.258 e. The third-order valence-corrected chi connectivity index (χ3v) is 5.23. The van der Waals surface area contributed by atoms with Gasteiger partial charge in [0.2, 0.25) is 0 Å².